The average molecular weight is 489 g/mol. The van der Waals surface area contributed by atoms with Crippen LogP contribution in [0.15, 0.2) is 79.0 Å². The SMILES string of the molecule is O=C(c1ccc(Cl)cc1)[C@@H]1[C@@H]2C(=O)N(c3ccc(Cl)cc3)C(=O)[C@@H]2[C@@H]2c3ccccc3C=CN12. The third-order valence-electron chi connectivity index (χ3n) is 6.94. The number of Topliss-reactive ketones (excluding diaryl/α,β-unsaturated/α-hetero) is 1. The summed E-state index contributed by atoms with van der Waals surface area (Å²) in [5.41, 5.74) is 2.82. The fourth-order valence-corrected chi connectivity index (χ4v) is 5.74. The van der Waals surface area contributed by atoms with Crippen LogP contribution in [0, 0.1) is 11.8 Å². The summed E-state index contributed by atoms with van der Waals surface area (Å²) in [5.74, 6) is -2.38. The molecule has 0 aliphatic carbocycles. The number of halogens is 2. The van der Waals surface area contributed by atoms with E-state index in [1.165, 1.54) is 4.90 Å². The van der Waals surface area contributed by atoms with E-state index in [4.69, 9.17) is 23.2 Å². The molecule has 3 aliphatic rings. The van der Waals surface area contributed by atoms with Crippen LogP contribution < -0.4 is 4.90 Å². The lowest BCUT2D eigenvalue weighted by Crippen LogP contribution is -2.44. The molecule has 0 radical (unpaired) electrons. The molecule has 0 bridgehead atoms. The smallest absolute Gasteiger partial charge is 0.240 e. The van der Waals surface area contributed by atoms with Crippen molar-refractivity contribution in [2.24, 2.45) is 11.8 Å². The van der Waals surface area contributed by atoms with Crippen molar-refractivity contribution < 1.29 is 14.4 Å². The van der Waals surface area contributed by atoms with Crippen LogP contribution in [0.2, 0.25) is 10.0 Å². The number of amides is 2. The zero-order valence-corrected chi connectivity index (χ0v) is 19.3. The Kier molecular flexibility index (Phi) is 4.87. The minimum atomic E-state index is -0.813. The molecule has 3 aliphatic heterocycles. The van der Waals surface area contributed by atoms with E-state index in [0.717, 1.165) is 11.1 Å². The second-order valence-electron chi connectivity index (χ2n) is 8.69. The molecule has 7 heteroatoms. The van der Waals surface area contributed by atoms with Crippen molar-refractivity contribution in [2.45, 2.75) is 12.1 Å². The Morgan fingerprint density at radius 3 is 2.09 bits per heavy atom. The van der Waals surface area contributed by atoms with E-state index in [-0.39, 0.29) is 17.6 Å². The van der Waals surface area contributed by atoms with Gasteiger partial charge in [0.15, 0.2) is 5.78 Å². The molecule has 3 heterocycles. The van der Waals surface area contributed by atoms with Gasteiger partial charge in [0.1, 0.15) is 6.04 Å². The number of carbonyl (C=O) groups is 3. The molecule has 3 aromatic rings. The molecule has 2 amide bonds. The summed E-state index contributed by atoms with van der Waals surface area (Å²) in [6.45, 7) is 0. The molecule has 0 aromatic heterocycles. The average Bonchev–Trinajstić information content (AvgIpc) is 3.32. The minimum absolute atomic E-state index is 0.211. The van der Waals surface area contributed by atoms with Gasteiger partial charge in [0.2, 0.25) is 11.8 Å². The van der Waals surface area contributed by atoms with Crippen molar-refractivity contribution in [3.05, 3.63) is 106 Å². The topological polar surface area (TPSA) is 57.7 Å². The van der Waals surface area contributed by atoms with Crippen molar-refractivity contribution in [3.8, 4) is 0 Å². The molecule has 2 fully saturated rings. The van der Waals surface area contributed by atoms with E-state index in [9.17, 15) is 14.4 Å². The third kappa shape index (κ3) is 3.04. The first-order valence-corrected chi connectivity index (χ1v) is 11.7. The van der Waals surface area contributed by atoms with Gasteiger partial charge in [-0.25, -0.2) is 4.90 Å². The van der Waals surface area contributed by atoms with Gasteiger partial charge in [-0.05, 0) is 65.7 Å². The summed E-state index contributed by atoms with van der Waals surface area (Å²) >= 11 is 12.0. The number of hydrogen-bond donors (Lipinski definition) is 0. The predicted molar refractivity (Wildman–Crippen MR) is 131 cm³/mol. The monoisotopic (exact) mass is 488 g/mol. The van der Waals surface area contributed by atoms with E-state index < -0.39 is 23.9 Å². The molecule has 3 aromatic carbocycles. The lowest BCUT2D eigenvalue weighted by atomic mass is 9.83. The largest absolute Gasteiger partial charge is 0.358 e. The Hall–Kier alpha value is -3.41. The number of ketones is 1. The standard InChI is InChI=1S/C27H18Cl2N2O3/c28-17-7-5-16(6-8-17)25(32)24-22-21(23-20-4-2-1-3-15(20)13-14-30(23)24)26(33)31(27(22)34)19-11-9-18(29)10-12-19/h1-14,21-24H/t21-,22+,23-,24-/m0/s1. The Morgan fingerprint density at radius 2 is 1.38 bits per heavy atom. The summed E-state index contributed by atoms with van der Waals surface area (Å²) in [4.78, 5) is 44.5. The van der Waals surface area contributed by atoms with Crippen LogP contribution in [0.4, 0.5) is 5.69 Å². The lowest BCUT2D eigenvalue weighted by Gasteiger charge is -2.35. The number of fused-ring (bicyclic) bond motifs is 5. The first-order chi connectivity index (χ1) is 16.5. The maximum Gasteiger partial charge on any atom is 0.240 e. The highest BCUT2D eigenvalue weighted by molar-refractivity contribution is 6.31. The van der Waals surface area contributed by atoms with Gasteiger partial charge in [0, 0.05) is 21.8 Å². The van der Waals surface area contributed by atoms with Crippen LogP contribution in [0.3, 0.4) is 0 Å². The van der Waals surface area contributed by atoms with E-state index >= 15 is 0 Å². The number of benzene rings is 3. The molecule has 0 saturated carbocycles. The highest BCUT2D eigenvalue weighted by Crippen LogP contribution is 2.53. The minimum Gasteiger partial charge on any atom is -0.358 e. The van der Waals surface area contributed by atoms with Gasteiger partial charge >= 0.3 is 0 Å². The third-order valence-corrected chi connectivity index (χ3v) is 7.45. The number of anilines is 1. The van der Waals surface area contributed by atoms with Crippen molar-refractivity contribution in [1.29, 1.82) is 0 Å². The van der Waals surface area contributed by atoms with Gasteiger partial charge in [-0.3, -0.25) is 14.4 Å². The first kappa shape index (κ1) is 21.1. The molecule has 168 valence electrons. The van der Waals surface area contributed by atoms with Crippen LogP contribution in [-0.4, -0.2) is 28.5 Å². The maximum absolute atomic E-state index is 13.8. The van der Waals surface area contributed by atoms with Crippen molar-refractivity contribution in [2.75, 3.05) is 4.90 Å². The molecular weight excluding hydrogens is 471 g/mol. The Labute approximate surface area is 206 Å². The number of nitrogens with zero attached hydrogens (tertiary/aromatic N) is 2. The summed E-state index contributed by atoms with van der Waals surface area (Å²) in [6, 6.07) is 19.8. The molecular formula is C27H18Cl2N2O3. The zero-order valence-electron chi connectivity index (χ0n) is 17.8. The van der Waals surface area contributed by atoms with Gasteiger partial charge in [0.25, 0.3) is 0 Å². The second kappa shape index (κ2) is 7.83. The summed E-state index contributed by atoms with van der Waals surface area (Å²) in [5, 5.41) is 1.03. The summed E-state index contributed by atoms with van der Waals surface area (Å²) in [7, 11) is 0. The highest BCUT2D eigenvalue weighted by Gasteiger charge is 2.64. The van der Waals surface area contributed by atoms with Crippen LogP contribution >= 0.6 is 23.2 Å². The maximum atomic E-state index is 13.8. The second-order valence-corrected chi connectivity index (χ2v) is 9.57. The molecule has 6 rings (SSSR count). The quantitative estimate of drug-likeness (QED) is 0.366. The van der Waals surface area contributed by atoms with Crippen LogP contribution in [0.1, 0.15) is 27.5 Å². The Morgan fingerprint density at radius 1 is 0.765 bits per heavy atom. The molecule has 2 saturated heterocycles. The summed E-state index contributed by atoms with van der Waals surface area (Å²) < 4.78 is 0. The Balaban J connectivity index is 1.49. The van der Waals surface area contributed by atoms with Gasteiger partial charge in [-0.15, -0.1) is 0 Å². The molecule has 0 spiro atoms. The van der Waals surface area contributed by atoms with Crippen molar-refractivity contribution in [1.82, 2.24) is 4.90 Å². The normalized spacial score (nSPS) is 24.8. The fraction of sp³-hybridized carbons (Fsp3) is 0.148. The van der Waals surface area contributed by atoms with E-state index in [0.29, 0.717) is 21.3 Å². The van der Waals surface area contributed by atoms with Crippen molar-refractivity contribution in [3.63, 3.8) is 0 Å². The summed E-state index contributed by atoms with van der Waals surface area (Å²) in [6.07, 6.45) is 3.78. The first-order valence-electron chi connectivity index (χ1n) is 10.9. The highest BCUT2D eigenvalue weighted by atomic mass is 35.5. The molecule has 34 heavy (non-hydrogen) atoms. The van der Waals surface area contributed by atoms with Crippen LogP contribution in [0.25, 0.3) is 6.08 Å². The molecule has 0 unspecified atom stereocenters. The van der Waals surface area contributed by atoms with Gasteiger partial charge in [0.05, 0.1) is 23.6 Å². The van der Waals surface area contributed by atoms with Gasteiger partial charge in [-0.1, -0.05) is 47.5 Å². The Bertz CT molecular complexity index is 1370. The number of rotatable bonds is 3. The van der Waals surface area contributed by atoms with Gasteiger partial charge in [-0.2, -0.15) is 0 Å². The number of hydrogen-bond acceptors (Lipinski definition) is 4. The predicted octanol–water partition coefficient (Wildman–Crippen LogP) is 5.39. The van der Waals surface area contributed by atoms with Crippen molar-refractivity contribution >= 4 is 52.6 Å². The van der Waals surface area contributed by atoms with E-state index in [1.807, 2.05) is 41.4 Å². The van der Waals surface area contributed by atoms with Crippen LogP contribution in [0.5, 0.6) is 0 Å². The molecule has 4 atom stereocenters. The van der Waals surface area contributed by atoms with Crippen LogP contribution in [-0.2, 0) is 9.59 Å². The van der Waals surface area contributed by atoms with E-state index in [2.05, 4.69) is 0 Å². The van der Waals surface area contributed by atoms with E-state index in [1.54, 1.807) is 48.5 Å². The number of imide groups is 1. The molecule has 0 N–H and O–H groups in total. The number of carbonyl (C=O) groups excluding carboxylic acids is 3. The lowest BCUT2D eigenvalue weighted by molar-refractivity contribution is -0.123. The van der Waals surface area contributed by atoms with Gasteiger partial charge < -0.3 is 4.90 Å². The zero-order chi connectivity index (χ0) is 23.6. The fourth-order valence-electron chi connectivity index (χ4n) is 5.49. The molecule has 5 nitrogen and oxygen atoms in total.